The molecule has 0 unspecified atom stereocenters. The highest BCUT2D eigenvalue weighted by Crippen LogP contribution is 2.25. The molecular weight excluding hydrogens is 274 g/mol. The molecule has 1 atom stereocenters. The molecule has 5 nitrogen and oxygen atoms in total. The van der Waals surface area contributed by atoms with Crippen molar-refractivity contribution in [1.82, 2.24) is 15.5 Å². The minimum atomic E-state index is -0.311. The Kier molecular flexibility index (Phi) is 3.23. The third-order valence-electron chi connectivity index (χ3n) is 2.91. The van der Waals surface area contributed by atoms with Crippen molar-refractivity contribution in [1.29, 1.82) is 0 Å². The fraction of sp³-hybridized carbons (Fsp3) is 0.214. The first-order chi connectivity index (χ1) is 9.63. The number of hydrogen-bond donors (Lipinski definition) is 1. The van der Waals surface area contributed by atoms with E-state index in [1.54, 1.807) is 6.92 Å². The van der Waals surface area contributed by atoms with E-state index in [2.05, 4.69) is 15.5 Å². The van der Waals surface area contributed by atoms with E-state index in [9.17, 15) is 4.79 Å². The van der Waals surface area contributed by atoms with Crippen molar-refractivity contribution in [3.63, 3.8) is 0 Å². The highest BCUT2D eigenvalue weighted by atomic mass is 32.1. The van der Waals surface area contributed by atoms with Crippen LogP contribution in [-0.4, -0.2) is 16.0 Å². The number of aromatic nitrogens is 2. The number of hydrogen-bond acceptors (Lipinski definition) is 5. The predicted octanol–water partition coefficient (Wildman–Crippen LogP) is 3.08. The zero-order valence-corrected chi connectivity index (χ0v) is 11.9. The molecule has 1 aromatic carbocycles. The maximum absolute atomic E-state index is 12.2. The Hall–Kier alpha value is -2.21. The van der Waals surface area contributed by atoms with E-state index in [1.807, 2.05) is 37.3 Å². The van der Waals surface area contributed by atoms with Gasteiger partial charge >= 0.3 is 0 Å². The Morgan fingerprint density at radius 2 is 2.20 bits per heavy atom. The fourth-order valence-corrected chi connectivity index (χ4v) is 2.88. The van der Waals surface area contributed by atoms with Crippen LogP contribution in [-0.2, 0) is 0 Å². The number of aryl methyl sites for hydroxylation is 1. The van der Waals surface area contributed by atoms with E-state index in [1.165, 1.54) is 11.3 Å². The van der Waals surface area contributed by atoms with Gasteiger partial charge < -0.3 is 9.84 Å². The van der Waals surface area contributed by atoms with Crippen LogP contribution >= 0.6 is 11.3 Å². The summed E-state index contributed by atoms with van der Waals surface area (Å²) in [6.45, 7) is 3.56. The van der Waals surface area contributed by atoms with Gasteiger partial charge in [-0.1, -0.05) is 23.4 Å². The van der Waals surface area contributed by atoms with E-state index in [0.29, 0.717) is 16.6 Å². The SMILES string of the molecule is Cc1noc([C@H](C)NC(=O)c2cc3ccccc3s2)n1. The molecule has 20 heavy (non-hydrogen) atoms. The number of benzene rings is 1. The third kappa shape index (κ3) is 2.42. The third-order valence-corrected chi connectivity index (χ3v) is 4.03. The topological polar surface area (TPSA) is 68.0 Å². The Bertz CT molecular complexity index is 729. The molecule has 0 aliphatic heterocycles. The van der Waals surface area contributed by atoms with Crippen LogP contribution in [0, 0.1) is 6.92 Å². The highest BCUT2D eigenvalue weighted by Gasteiger charge is 2.17. The average Bonchev–Trinajstić information content (AvgIpc) is 3.04. The van der Waals surface area contributed by atoms with Crippen molar-refractivity contribution in [2.75, 3.05) is 0 Å². The average molecular weight is 287 g/mol. The molecular formula is C14H13N3O2S. The minimum Gasteiger partial charge on any atom is -0.340 e. The normalized spacial score (nSPS) is 12.5. The first kappa shape index (κ1) is 12.8. The van der Waals surface area contributed by atoms with Crippen LogP contribution in [0.25, 0.3) is 10.1 Å². The Balaban J connectivity index is 1.78. The zero-order valence-electron chi connectivity index (χ0n) is 11.1. The molecule has 6 heteroatoms. The smallest absolute Gasteiger partial charge is 0.262 e. The lowest BCUT2D eigenvalue weighted by atomic mass is 10.2. The maximum atomic E-state index is 12.2. The monoisotopic (exact) mass is 287 g/mol. The lowest BCUT2D eigenvalue weighted by Crippen LogP contribution is -2.26. The van der Waals surface area contributed by atoms with Gasteiger partial charge in [0.15, 0.2) is 5.82 Å². The number of carbonyl (C=O) groups excluding carboxylic acids is 1. The standard InChI is InChI=1S/C14H13N3O2S/c1-8(14-16-9(2)17-19-14)15-13(18)12-7-10-5-3-4-6-11(10)20-12/h3-8H,1-2H3,(H,15,18)/t8-/m0/s1. The van der Waals surface area contributed by atoms with Crippen molar-refractivity contribution < 1.29 is 9.32 Å². The van der Waals surface area contributed by atoms with E-state index in [0.717, 1.165) is 10.1 Å². The number of amides is 1. The number of rotatable bonds is 3. The predicted molar refractivity (Wildman–Crippen MR) is 76.7 cm³/mol. The van der Waals surface area contributed by atoms with Gasteiger partial charge in [0, 0.05) is 4.70 Å². The molecule has 2 heterocycles. The molecule has 2 aromatic heterocycles. The molecule has 3 aromatic rings. The summed E-state index contributed by atoms with van der Waals surface area (Å²) in [4.78, 5) is 17.0. The summed E-state index contributed by atoms with van der Waals surface area (Å²) in [7, 11) is 0. The summed E-state index contributed by atoms with van der Waals surface area (Å²) >= 11 is 1.47. The maximum Gasteiger partial charge on any atom is 0.262 e. The summed E-state index contributed by atoms with van der Waals surface area (Å²) in [5, 5.41) is 7.65. The highest BCUT2D eigenvalue weighted by molar-refractivity contribution is 7.20. The van der Waals surface area contributed by atoms with Crippen LogP contribution in [0.3, 0.4) is 0 Å². The van der Waals surface area contributed by atoms with E-state index in [-0.39, 0.29) is 11.9 Å². The number of nitrogens with zero attached hydrogens (tertiary/aromatic N) is 2. The Morgan fingerprint density at radius 3 is 2.90 bits per heavy atom. The van der Waals surface area contributed by atoms with Gasteiger partial charge in [0.05, 0.1) is 4.88 Å². The second-order valence-corrected chi connectivity index (χ2v) is 5.61. The molecule has 0 bridgehead atoms. The van der Waals surface area contributed by atoms with E-state index in [4.69, 9.17) is 4.52 Å². The number of thiophene rings is 1. The Labute approximate surface area is 119 Å². The van der Waals surface area contributed by atoms with Gasteiger partial charge in [0.25, 0.3) is 5.91 Å². The molecule has 1 amide bonds. The fourth-order valence-electron chi connectivity index (χ4n) is 1.91. The van der Waals surface area contributed by atoms with Gasteiger partial charge in [0.2, 0.25) is 5.89 Å². The molecule has 0 saturated carbocycles. The molecule has 1 N–H and O–H groups in total. The van der Waals surface area contributed by atoms with Crippen LogP contribution in [0.5, 0.6) is 0 Å². The van der Waals surface area contributed by atoms with Crippen LogP contribution in [0.2, 0.25) is 0 Å². The van der Waals surface area contributed by atoms with Gasteiger partial charge in [-0.2, -0.15) is 4.98 Å². The second-order valence-electron chi connectivity index (χ2n) is 4.52. The van der Waals surface area contributed by atoms with Gasteiger partial charge in [0.1, 0.15) is 6.04 Å². The van der Waals surface area contributed by atoms with Gasteiger partial charge in [-0.3, -0.25) is 4.79 Å². The summed E-state index contributed by atoms with van der Waals surface area (Å²) in [6.07, 6.45) is 0. The minimum absolute atomic E-state index is 0.130. The van der Waals surface area contributed by atoms with Gasteiger partial charge in [-0.15, -0.1) is 11.3 Å². The van der Waals surface area contributed by atoms with Crippen molar-refractivity contribution in [3.8, 4) is 0 Å². The van der Waals surface area contributed by atoms with Crippen molar-refractivity contribution in [3.05, 3.63) is 46.9 Å². The van der Waals surface area contributed by atoms with Crippen molar-refractivity contribution in [2.45, 2.75) is 19.9 Å². The Morgan fingerprint density at radius 1 is 1.40 bits per heavy atom. The first-order valence-corrected chi connectivity index (χ1v) is 7.05. The molecule has 3 rings (SSSR count). The van der Waals surface area contributed by atoms with Crippen molar-refractivity contribution in [2.24, 2.45) is 0 Å². The van der Waals surface area contributed by atoms with Gasteiger partial charge in [-0.05, 0) is 31.4 Å². The summed E-state index contributed by atoms with van der Waals surface area (Å²) in [5.41, 5.74) is 0. The van der Waals surface area contributed by atoms with Crippen LogP contribution in [0.15, 0.2) is 34.9 Å². The number of nitrogens with one attached hydrogen (secondary N) is 1. The van der Waals surface area contributed by atoms with E-state index >= 15 is 0 Å². The molecule has 0 fully saturated rings. The molecule has 102 valence electrons. The first-order valence-electron chi connectivity index (χ1n) is 6.23. The largest absolute Gasteiger partial charge is 0.340 e. The van der Waals surface area contributed by atoms with Crippen LogP contribution < -0.4 is 5.32 Å². The number of fused-ring (bicyclic) bond motifs is 1. The zero-order chi connectivity index (χ0) is 14.1. The lowest BCUT2D eigenvalue weighted by molar-refractivity contribution is 0.0936. The molecule has 0 spiro atoms. The quantitative estimate of drug-likeness (QED) is 0.803. The second kappa shape index (κ2) is 5.05. The van der Waals surface area contributed by atoms with Gasteiger partial charge in [-0.25, -0.2) is 0 Å². The summed E-state index contributed by atoms with van der Waals surface area (Å²) < 4.78 is 6.15. The summed E-state index contributed by atoms with van der Waals surface area (Å²) in [6, 6.07) is 9.50. The summed E-state index contributed by atoms with van der Waals surface area (Å²) in [5.74, 6) is 0.842. The molecule has 0 radical (unpaired) electrons. The molecule has 0 saturated heterocycles. The van der Waals surface area contributed by atoms with E-state index < -0.39 is 0 Å². The van der Waals surface area contributed by atoms with Crippen LogP contribution in [0.1, 0.15) is 34.4 Å². The van der Waals surface area contributed by atoms with Crippen LogP contribution in [0.4, 0.5) is 0 Å². The van der Waals surface area contributed by atoms with Crippen molar-refractivity contribution >= 4 is 27.3 Å². The number of carbonyl (C=O) groups is 1. The lowest BCUT2D eigenvalue weighted by Gasteiger charge is -2.07. The molecule has 0 aliphatic carbocycles. The molecule has 0 aliphatic rings.